The summed E-state index contributed by atoms with van der Waals surface area (Å²) in [6.45, 7) is 1.12. The molecule has 1 aliphatic heterocycles. The smallest absolute Gasteiger partial charge is 0.326 e. The normalized spacial score (nSPS) is 18.7. The van der Waals surface area contributed by atoms with Gasteiger partial charge in [0, 0.05) is 13.0 Å². The first-order valence-electron chi connectivity index (χ1n) is 9.92. The van der Waals surface area contributed by atoms with E-state index in [1.165, 1.54) is 24.0 Å². The number of aromatic hydroxyl groups is 1. The van der Waals surface area contributed by atoms with Crippen LogP contribution in [0.4, 0.5) is 0 Å². The van der Waals surface area contributed by atoms with E-state index in [2.05, 4.69) is 10.6 Å². The molecular formula is C20H28N4O7. The molecule has 1 fully saturated rings. The van der Waals surface area contributed by atoms with Gasteiger partial charge in [0.1, 0.15) is 29.9 Å². The Kier molecular flexibility index (Phi) is 8.34. The summed E-state index contributed by atoms with van der Waals surface area (Å²) in [7, 11) is 0. The number of nitrogens with two attached hydrogens (primary N) is 1. The van der Waals surface area contributed by atoms with E-state index in [1.54, 1.807) is 12.1 Å². The van der Waals surface area contributed by atoms with Crippen molar-refractivity contribution in [2.45, 2.75) is 50.4 Å². The van der Waals surface area contributed by atoms with Crippen molar-refractivity contribution in [3.63, 3.8) is 0 Å². The molecule has 0 radical (unpaired) electrons. The summed E-state index contributed by atoms with van der Waals surface area (Å²) in [5.74, 6) is -3.00. The molecule has 4 atom stereocenters. The second-order valence-electron chi connectivity index (χ2n) is 7.48. The summed E-state index contributed by atoms with van der Waals surface area (Å²) in [4.78, 5) is 50.2. The van der Waals surface area contributed by atoms with E-state index in [0.29, 0.717) is 18.4 Å². The van der Waals surface area contributed by atoms with Crippen LogP contribution in [-0.2, 0) is 25.6 Å². The molecule has 0 bridgehead atoms. The molecule has 170 valence electrons. The lowest BCUT2D eigenvalue weighted by Gasteiger charge is -2.27. The van der Waals surface area contributed by atoms with Gasteiger partial charge in [-0.1, -0.05) is 12.1 Å². The number of carbonyl (C=O) groups excluding carboxylic acids is 3. The summed E-state index contributed by atoms with van der Waals surface area (Å²) in [6.07, 6.45) is 0.945. The third-order valence-electron chi connectivity index (χ3n) is 5.09. The first-order valence-corrected chi connectivity index (χ1v) is 9.92. The highest BCUT2D eigenvalue weighted by molar-refractivity contribution is 5.94. The number of hydrogen-bond donors (Lipinski definition) is 6. The molecule has 0 aromatic heterocycles. The van der Waals surface area contributed by atoms with Crippen LogP contribution in [-0.4, -0.2) is 81.2 Å². The molecule has 0 spiro atoms. The molecule has 31 heavy (non-hydrogen) atoms. The highest BCUT2D eigenvalue weighted by Crippen LogP contribution is 2.18. The number of benzene rings is 1. The average Bonchev–Trinajstić information content (AvgIpc) is 3.23. The van der Waals surface area contributed by atoms with Crippen molar-refractivity contribution < 1.29 is 34.5 Å². The van der Waals surface area contributed by atoms with Gasteiger partial charge in [0.2, 0.25) is 17.7 Å². The van der Waals surface area contributed by atoms with Crippen molar-refractivity contribution in [2.75, 3.05) is 13.2 Å². The number of carboxylic acid groups (broad SMARTS) is 1. The maximum absolute atomic E-state index is 12.8. The first-order chi connectivity index (χ1) is 14.6. The first kappa shape index (κ1) is 24.1. The number of nitrogens with zero attached hydrogens (tertiary/aromatic N) is 1. The van der Waals surface area contributed by atoms with Gasteiger partial charge in [-0.05, 0) is 37.5 Å². The van der Waals surface area contributed by atoms with Gasteiger partial charge >= 0.3 is 5.97 Å². The Morgan fingerprint density at radius 2 is 1.81 bits per heavy atom. The summed E-state index contributed by atoms with van der Waals surface area (Å²) >= 11 is 0. The number of amides is 3. The number of phenolic OH excluding ortho intramolecular Hbond substituents is 1. The number of carbonyl (C=O) groups is 4. The summed E-state index contributed by atoms with van der Waals surface area (Å²) in [5.41, 5.74) is 6.14. The van der Waals surface area contributed by atoms with Gasteiger partial charge in [-0.25, -0.2) is 4.79 Å². The number of nitrogens with one attached hydrogen (secondary N) is 2. The molecule has 1 saturated heterocycles. The minimum Gasteiger partial charge on any atom is -0.508 e. The van der Waals surface area contributed by atoms with E-state index >= 15 is 0 Å². The molecule has 2 rings (SSSR count). The SMILES string of the molecule is CC(NC(=O)C(Cc1ccc(O)cc1)NC(=O)C(N)CO)C(=O)N1CCCC1C(=O)O. The van der Waals surface area contributed by atoms with Gasteiger partial charge < -0.3 is 36.6 Å². The topological polar surface area (TPSA) is 182 Å². The maximum atomic E-state index is 12.8. The number of carboxylic acids is 1. The Morgan fingerprint density at radius 1 is 1.16 bits per heavy atom. The lowest BCUT2D eigenvalue weighted by atomic mass is 10.0. The predicted octanol–water partition coefficient (Wildman–Crippen LogP) is -1.68. The molecule has 1 heterocycles. The third-order valence-corrected chi connectivity index (χ3v) is 5.09. The molecular weight excluding hydrogens is 408 g/mol. The fourth-order valence-corrected chi connectivity index (χ4v) is 3.35. The lowest BCUT2D eigenvalue weighted by molar-refractivity contribution is -0.149. The fraction of sp³-hybridized carbons (Fsp3) is 0.500. The molecule has 1 aromatic carbocycles. The van der Waals surface area contributed by atoms with Gasteiger partial charge in [0.05, 0.1) is 6.61 Å². The molecule has 0 saturated carbocycles. The minimum atomic E-state index is -1.23. The van der Waals surface area contributed by atoms with E-state index in [1.807, 2.05) is 0 Å². The molecule has 3 amide bonds. The molecule has 1 aliphatic rings. The van der Waals surface area contributed by atoms with Crippen LogP contribution in [0.15, 0.2) is 24.3 Å². The van der Waals surface area contributed by atoms with Crippen LogP contribution >= 0.6 is 0 Å². The van der Waals surface area contributed by atoms with E-state index in [-0.39, 0.29) is 18.7 Å². The second-order valence-corrected chi connectivity index (χ2v) is 7.48. The van der Waals surface area contributed by atoms with Crippen molar-refractivity contribution in [1.82, 2.24) is 15.5 Å². The summed E-state index contributed by atoms with van der Waals surface area (Å²) in [6, 6.07) is 1.72. The largest absolute Gasteiger partial charge is 0.508 e. The molecule has 0 aliphatic carbocycles. The van der Waals surface area contributed by atoms with E-state index < -0.39 is 54.5 Å². The number of aliphatic hydroxyl groups excluding tert-OH is 1. The Hall–Kier alpha value is -3.18. The van der Waals surface area contributed by atoms with Crippen LogP contribution in [0, 0.1) is 0 Å². The highest BCUT2D eigenvalue weighted by Gasteiger charge is 2.37. The molecule has 7 N–H and O–H groups in total. The van der Waals surface area contributed by atoms with E-state index in [4.69, 9.17) is 10.8 Å². The van der Waals surface area contributed by atoms with Crippen LogP contribution in [0.2, 0.25) is 0 Å². The molecule has 4 unspecified atom stereocenters. The second kappa shape index (κ2) is 10.7. The fourth-order valence-electron chi connectivity index (χ4n) is 3.35. The number of hydrogen-bond acceptors (Lipinski definition) is 7. The third kappa shape index (κ3) is 6.40. The number of phenols is 1. The average molecular weight is 436 g/mol. The van der Waals surface area contributed by atoms with Gasteiger partial charge in [-0.2, -0.15) is 0 Å². The van der Waals surface area contributed by atoms with Crippen LogP contribution in [0.25, 0.3) is 0 Å². The van der Waals surface area contributed by atoms with Gasteiger partial charge in [-0.3, -0.25) is 14.4 Å². The molecule has 11 nitrogen and oxygen atoms in total. The van der Waals surface area contributed by atoms with Gasteiger partial charge in [-0.15, -0.1) is 0 Å². The van der Waals surface area contributed by atoms with Crippen LogP contribution < -0.4 is 16.4 Å². The quantitative estimate of drug-likeness (QED) is 0.265. The van der Waals surface area contributed by atoms with Crippen LogP contribution in [0.1, 0.15) is 25.3 Å². The highest BCUT2D eigenvalue weighted by atomic mass is 16.4. The van der Waals surface area contributed by atoms with Crippen molar-refractivity contribution in [3.05, 3.63) is 29.8 Å². The van der Waals surface area contributed by atoms with E-state index in [0.717, 1.165) is 0 Å². The van der Waals surface area contributed by atoms with Gasteiger partial charge in [0.15, 0.2) is 0 Å². The van der Waals surface area contributed by atoms with Crippen LogP contribution in [0.5, 0.6) is 5.75 Å². The number of likely N-dealkylation sites (tertiary alicyclic amines) is 1. The maximum Gasteiger partial charge on any atom is 0.326 e. The lowest BCUT2D eigenvalue weighted by Crippen LogP contribution is -2.57. The Labute approximate surface area is 179 Å². The zero-order chi connectivity index (χ0) is 23.1. The summed E-state index contributed by atoms with van der Waals surface area (Å²) in [5, 5.41) is 32.7. The van der Waals surface area contributed by atoms with E-state index in [9.17, 15) is 29.4 Å². The monoisotopic (exact) mass is 436 g/mol. The number of rotatable bonds is 9. The minimum absolute atomic E-state index is 0.0360. The predicted molar refractivity (Wildman–Crippen MR) is 109 cm³/mol. The molecule has 1 aromatic rings. The standard InChI is InChI=1S/C20H28N4O7/c1-11(19(29)24-8-2-3-16(24)20(30)31)22-18(28)15(23-17(27)14(21)10-25)9-12-4-6-13(26)7-5-12/h4-7,11,14-16,25-26H,2-3,8-10,21H2,1H3,(H,22,28)(H,23,27)(H,30,31). The van der Waals surface area contributed by atoms with Crippen molar-refractivity contribution in [1.29, 1.82) is 0 Å². The Bertz CT molecular complexity index is 814. The Morgan fingerprint density at radius 3 is 2.39 bits per heavy atom. The van der Waals surface area contributed by atoms with Gasteiger partial charge in [0.25, 0.3) is 0 Å². The van der Waals surface area contributed by atoms with Crippen LogP contribution in [0.3, 0.4) is 0 Å². The zero-order valence-electron chi connectivity index (χ0n) is 17.2. The number of aliphatic hydroxyl groups is 1. The Balaban J connectivity index is 2.11. The summed E-state index contributed by atoms with van der Waals surface area (Å²) < 4.78 is 0. The zero-order valence-corrected chi connectivity index (χ0v) is 17.2. The number of aliphatic carboxylic acids is 1. The molecule has 11 heteroatoms. The van der Waals surface area contributed by atoms with Crippen molar-refractivity contribution >= 4 is 23.7 Å². The van der Waals surface area contributed by atoms with Crippen molar-refractivity contribution in [2.24, 2.45) is 5.73 Å². The van der Waals surface area contributed by atoms with Crippen molar-refractivity contribution in [3.8, 4) is 5.75 Å².